The fraction of sp³-hybridized carbons (Fsp3) is 0.619. The molecule has 0 bridgehead atoms. The van der Waals surface area contributed by atoms with Crippen molar-refractivity contribution in [2.24, 2.45) is 5.92 Å². The second-order valence-corrected chi connectivity index (χ2v) is 6.35. The number of benzene rings is 1. The van der Waals surface area contributed by atoms with E-state index in [2.05, 4.69) is 53.3 Å². The molecule has 1 rings (SSSR count). The number of nitrogens with one attached hydrogen (secondary N) is 1. The number of halogens is 1. The van der Waals surface area contributed by atoms with E-state index in [0.717, 1.165) is 27.0 Å². The minimum Gasteiger partial charge on any atom is -0.495 e. The van der Waals surface area contributed by atoms with Gasteiger partial charge in [-0.05, 0) is 49.2 Å². The van der Waals surface area contributed by atoms with Gasteiger partial charge in [-0.1, -0.05) is 39.0 Å². The van der Waals surface area contributed by atoms with Crippen LogP contribution in [0, 0.1) is 12.8 Å². The predicted molar refractivity (Wildman–Crippen MR) is 114 cm³/mol. The van der Waals surface area contributed by atoms with Gasteiger partial charge in [0.15, 0.2) is 6.29 Å². The quantitative estimate of drug-likeness (QED) is 0.475. The molecular formula is C21H36BrNO3. The second-order valence-electron chi connectivity index (χ2n) is 5.55. The third-order valence-electron chi connectivity index (χ3n) is 3.93. The zero-order valence-corrected chi connectivity index (χ0v) is 19.2. The number of rotatable bonds is 10. The molecule has 150 valence electrons. The van der Waals surface area contributed by atoms with E-state index < -0.39 is 0 Å². The molecule has 0 aliphatic rings. The van der Waals surface area contributed by atoms with Crippen LogP contribution in [0.25, 0.3) is 0 Å². The monoisotopic (exact) mass is 429 g/mol. The summed E-state index contributed by atoms with van der Waals surface area (Å²) in [6.45, 7) is 16.1. The van der Waals surface area contributed by atoms with Gasteiger partial charge in [0.05, 0.1) is 11.6 Å². The third-order valence-corrected chi connectivity index (χ3v) is 4.92. The molecule has 5 heteroatoms. The highest BCUT2D eigenvalue weighted by atomic mass is 79.9. The van der Waals surface area contributed by atoms with Crippen LogP contribution >= 0.6 is 15.9 Å². The van der Waals surface area contributed by atoms with Crippen molar-refractivity contribution in [2.75, 3.05) is 20.3 Å². The lowest BCUT2D eigenvalue weighted by atomic mass is 10.1. The Hall–Kier alpha value is -1.04. The molecule has 1 N–H and O–H groups in total. The van der Waals surface area contributed by atoms with Crippen LogP contribution < -0.4 is 10.1 Å². The van der Waals surface area contributed by atoms with Crippen molar-refractivity contribution in [1.29, 1.82) is 0 Å². The molecule has 4 nitrogen and oxygen atoms in total. The molecule has 1 atom stereocenters. The van der Waals surface area contributed by atoms with Crippen molar-refractivity contribution in [2.45, 2.75) is 61.3 Å². The molecular weight excluding hydrogens is 394 g/mol. The van der Waals surface area contributed by atoms with Crippen LogP contribution in [0.1, 0.15) is 52.7 Å². The SMILES string of the molecule is CC.CC=C(NCc1ccc(C)c(Br)c1OC)C(C)C(OCC)OCC. The third kappa shape index (κ3) is 7.29. The maximum atomic E-state index is 5.72. The van der Waals surface area contributed by atoms with E-state index in [1.165, 1.54) is 0 Å². The summed E-state index contributed by atoms with van der Waals surface area (Å²) in [4.78, 5) is 0. The van der Waals surface area contributed by atoms with Crippen LogP contribution in [0.5, 0.6) is 5.75 Å². The fourth-order valence-corrected chi connectivity index (χ4v) is 3.14. The van der Waals surface area contributed by atoms with Gasteiger partial charge in [-0.2, -0.15) is 0 Å². The van der Waals surface area contributed by atoms with Gasteiger partial charge in [0.25, 0.3) is 0 Å². The van der Waals surface area contributed by atoms with Crippen LogP contribution in [-0.2, 0) is 16.0 Å². The number of allylic oxidation sites excluding steroid dienone is 1. The molecule has 0 fully saturated rings. The van der Waals surface area contributed by atoms with Crippen LogP contribution in [0.15, 0.2) is 28.4 Å². The van der Waals surface area contributed by atoms with E-state index in [1.807, 2.05) is 34.6 Å². The first-order valence-corrected chi connectivity index (χ1v) is 10.2. The lowest BCUT2D eigenvalue weighted by Crippen LogP contribution is -2.31. The Morgan fingerprint density at radius 3 is 2.23 bits per heavy atom. The van der Waals surface area contributed by atoms with Gasteiger partial charge < -0.3 is 19.5 Å². The van der Waals surface area contributed by atoms with Crippen LogP contribution in [0.3, 0.4) is 0 Å². The summed E-state index contributed by atoms with van der Waals surface area (Å²) >= 11 is 3.60. The Morgan fingerprint density at radius 2 is 1.77 bits per heavy atom. The normalized spacial score (nSPS) is 12.5. The van der Waals surface area contributed by atoms with E-state index in [0.29, 0.717) is 19.8 Å². The Balaban J connectivity index is 0.00000301. The van der Waals surface area contributed by atoms with Gasteiger partial charge in [-0.3, -0.25) is 0 Å². The standard InChI is InChI=1S/C19H30BrNO3.C2H6/c1-7-16(14(5)19(23-8-2)24-9-3)21-12-15-11-10-13(4)17(20)18(15)22-6;1-2/h7,10-11,14,19,21H,8-9,12H2,1-6H3;1-2H3. The number of hydrogen-bond acceptors (Lipinski definition) is 4. The molecule has 1 aromatic carbocycles. The molecule has 0 aromatic heterocycles. The van der Waals surface area contributed by atoms with E-state index in [-0.39, 0.29) is 12.2 Å². The summed E-state index contributed by atoms with van der Waals surface area (Å²) in [5.41, 5.74) is 3.36. The molecule has 0 saturated heterocycles. The van der Waals surface area contributed by atoms with Crippen molar-refractivity contribution in [3.63, 3.8) is 0 Å². The maximum absolute atomic E-state index is 5.72. The molecule has 0 aliphatic heterocycles. The lowest BCUT2D eigenvalue weighted by Gasteiger charge is -2.27. The van der Waals surface area contributed by atoms with Crippen LogP contribution in [0.2, 0.25) is 0 Å². The predicted octanol–water partition coefficient (Wildman–Crippen LogP) is 5.82. The molecule has 1 unspecified atom stereocenters. The Bertz CT molecular complexity index is 540. The summed E-state index contributed by atoms with van der Waals surface area (Å²) in [6, 6.07) is 4.18. The van der Waals surface area contributed by atoms with Crippen LogP contribution in [0.4, 0.5) is 0 Å². The van der Waals surface area contributed by atoms with Crippen molar-refractivity contribution in [3.05, 3.63) is 39.5 Å². The van der Waals surface area contributed by atoms with Gasteiger partial charge in [0.1, 0.15) is 5.75 Å². The first-order valence-electron chi connectivity index (χ1n) is 9.45. The van der Waals surface area contributed by atoms with Crippen molar-refractivity contribution in [1.82, 2.24) is 5.32 Å². The smallest absolute Gasteiger partial charge is 0.165 e. The minimum atomic E-state index is -0.245. The number of aryl methyl sites for hydroxylation is 1. The van der Waals surface area contributed by atoms with E-state index >= 15 is 0 Å². The average Bonchev–Trinajstić information content (AvgIpc) is 2.66. The van der Waals surface area contributed by atoms with Gasteiger partial charge in [0.2, 0.25) is 0 Å². The zero-order chi connectivity index (χ0) is 20.1. The minimum absolute atomic E-state index is 0.120. The summed E-state index contributed by atoms with van der Waals surface area (Å²) in [7, 11) is 1.70. The Kier molecular flexibility index (Phi) is 13.5. The van der Waals surface area contributed by atoms with Crippen molar-refractivity contribution >= 4 is 15.9 Å². The topological polar surface area (TPSA) is 39.7 Å². The van der Waals surface area contributed by atoms with Gasteiger partial charge >= 0.3 is 0 Å². The highest BCUT2D eigenvalue weighted by Gasteiger charge is 2.21. The largest absolute Gasteiger partial charge is 0.495 e. The molecule has 0 amide bonds. The fourth-order valence-electron chi connectivity index (χ4n) is 2.59. The molecule has 0 radical (unpaired) electrons. The molecule has 0 aliphatic carbocycles. The average molecular weight is 430 g/mol. The number of hydrogen-bond donors (Lipinski definition) is 1. The maximum Gasteiger partial charge on any atom is 0.165 e. The Morgan fingerprint density at radius 1 is 1.19 bits per heavy atom. The lowest BCUT2D eigenvalue weighted by molar-refractivity contribution is -0.157. The van der Waals surface area contributed by atoms with Crippen molar-refractivity contribution < 1.29 is 14.2 Å². The summed E-state index contributed by atoms with van der Waals surface area (Å²) in [5, 5.41) is 3.50. The first-order chi connectivity index (χ1) is 12.5. The Labute approximate surface area is 168 Å². The van der Waals surface area contributed by atoms with Crippen molar-refractivity contribution in [3.8, 4) is 5.75 Å². The van der Waals surface area contributed by atoms with E-state index in [9.17, 15) is 0 Å². The van der Waals surface area contributed by atoms with E-state index in [1.54, 1.807) is 7.11 Å². The number of ether oxygens (including phenoxy) is 3. The first kappa shape index (κ1) is 25.0. The highest BCUT2D eigenvalue weighted by Crippen LogP contribution is 2.32. The molecule has 0 saturated carbocycles. The molecule has 26 heavy (non-hydrogen) atoms. The second kappa shape index (κ2) is 14.1. The molecule has 0 heterocycles. The number of methoxy groups -OCH3 is 1. The van der Waals surface area contributed by atoms with E-state index in [4.69, 9.17) is 14.2 Å². The summed E-state index contributed by atoms with van der Waals surface area (Å²) in [5.74, 6) is 0.992. The summed E-state index contributed by atoms with van der Waals surface area (Å²) < 4.78 is 18.0. The van der Waals surface area contributed by atoms with Gasteiger partial charge in [-0.25, -0.2) is 0 Å². The molecule has 0 spiro atoms. The highest BCUT2D eigenvalue weighted by molar-refractivity contribution is 9.10. The van der Waals surface area contributed by atoms with Crippen LogP contribution in [-0.4, -0.2) is 26.6 Å². The zero-order valence-electron chi connectivity index (χ0n) is 17.6. The van der Waals surface area contributed by atoms with Gasteiger partial charge in [-0.15, -0.1) is 0 Å². The summed E-state index contributed by atoms with van der Waals surface area (Å²) in [6.07, 6.45) is 1.83. The molecule has 1 aromatic rings. The van der Waals surface area contributed by atoms with Gasteiger partial charge in [0, 0.05) is 36.9 Å².